The third-order valence-electron chi connectivity index (χ3n) is 4.23. The van der Waals surface area contributed by atoms with E-state index in [0.717, 1.165) is 16.9 Å². The summed E-state index contributed by atoms with van der Waals surface area (Å²) in [6.07, 6.45) is 0.464. The molecule has 2 N–H and O–H groups in total. The van der Waals surface area contributed by atoms with Gasteiger partial charge < -0.3 is 20.1 Å². The first kappa shape index (κ1) is 20.5. The molecule has 1 atom stereocenters. The first-order valence-electron chi connectivity index (χ1n) is 8.90. The van der Waals surface area contributed by atoms with Gasteiger partial charge in [0.25, 0.3) is 0 Å². The minimum absolute atomic E-state index is 0.00143. The molecule has 0 saturated heterocycles. The Morgan fingerprint density at radius 2 is 1.78 bits per heavy atom. The molecule has 0 bridgehead atoms. The van der Waals surface area contributed by atoms with Gasteiger partial charge in [-0.1, -0.05) is 42.5 Å². The quantitative estimate of drug-likeness (QED) is 0.664. The highest BCUT2D eigenvalue weighted by Crippen LogP contribution is 2.24. The van der Waals surface area contributed by atoms with Gasteiger partial charge in [0.2, 0.25) is 11.8 Å². The van der Waals surface area contributed by atoms with E-state index < -0.39 is 6.04 Å². The molecule has 0 heterocycles. The lowest BCUT2D eigenvalue weighted by Gasteiger charge is -2.30. The van der Waals surface area contributed by atoms with Crippen molar-refractivity contribution < 1.29 is 19.4 Å². The Labute approximate surface area is 159 Å². The Balaban J connectivity index is 2.29. The summed E-state index contributed by atoms with van der Waals surface area (Å²) in [6.45, 7) is 2.11. The molecule has 0 aromatic heterocycles. The average molecular weight is 370 g/mol. The second-order valence-corrected chi connectivity index (χ2v) is 6.18. The number of rotatable bonds is 9. The number of aliphatic hydroxyl groups excluding tert-OH is 1. The van der Waals surface area contributed by atoms with E-state index in [2.05, 4.69) is 5.32 Å². The zero-order valence-electron chi connectivity index (χ0n) is 15.7. The van der Waals surface area contributed by atoms with E-state index in [9.17, 15) is 9.59 Å². The molecular weight excluding hydrogens is 344 g/mol. The number of ether oxygens (including phenoxy) is 1. The van der Waals surface area contributed by atoms with Gasteiger partial charge in [-0.15, -0.1) is 0 Å². The van der Waals surface area contributed by atoms with E-state index in [1.54, 1.807) is 12.0 Å². The Morgan fingerprint density at radius 3 is 2.33 bits per heavy atom. The van der Waals surface area contributed by atoms with Crippen molar-refractivity contribution in [2.45, 2.75) is 25.9 Å². The highest BCUT2D eigenvalue weighted by Gasteiger charge is 2.29. The maximum absolute atomic E-state index is 12.8. The van der Waals surface area contributed by atoms with Crippen molar-refractivity contribution in [2.24, 2.45) is 0 Å². The topological polar surface area (TPSA) is 78.9 Å². The lowest BCUT2D eigenvalue weighted by Crippen LogP contribution is -2.42. The van der Waals surface area contributed by atoms with Crippen LogP contribution in [0, 0.1) is 0 Å². The number of hydrogen-bond acceptors (Lipinski definition) is 4. The number of nitrogens with one attached hydrogen (secondary N) is 1. The largest absolute Gasteiger partial charge is 0.497 e. The first-order chi connectivity index (χ1) is 13.1. The standard InChI is InChI=1S/C21H26N2O4/c1-16(25)23(15-17-9-11-19(27-2)12-10-17)20(18-7-4-3-5-8-18)21(26)22-13-6-14-24/h3-5,7-12,20,24H,6,13-15H2,1-2H3,(H,22,26)/t20-/m1/s1. The maximum atomic E-state index is 12.8. The minimum atomic E-state index is -0.746. The third-order valence-corrected chi connectivity index (χ3v) is 4.23. The molecule has 0 aliphatic rings. The molecule has 6 heteroatoms. The molecule has 0 fully saturated rings. The fraction of sp³-hybridized carbons (Fsp3) is 0.333. The van der Waals surface area contributed by atoms with Crippen molar-refractivity contribution in [1.29, 1.82) is 0 Å². The Morgan fingerprint density at radius 1 is 1.11 bits per heavy atom. The third kappa shape index (κ3) is 5.82. The number of carbonyl (C=O) groups excluding carboxylic acids is 2. The van der Waals surface area contributed by atoms with Crippen LogP contribution in [0.1, 0.15) is 30.5 Å². The van der Waals surface area contributed by atoms with E-state index in [-0.39, 0.29) is 18.4 Å². The van der Waals surface area contributed by atoms with Crippen LogP contribution >= 0.6 is 0 Å². The molecule has 27 heavy (non-hydrogen) atoms. The molecule has 0 saturated carbocycles. The van der Waals surface area contributed by atoms with Gasteiger partial charge in [0.15, 0.2) is 0 Å². The van der Waals surface area contributed by atoms with Gasteiger partial charge in [-0.05, 0) is 29.7 Å². The maximum Gasteiger partial charge on any atom is 0.247 e. The second-order valence-electron chi connectivity index (χ2n) is 6.18. The minimum Gasteiger partial charge on any atom is -0.497 e. The van der Waals surface area contributed by atoms with Gasteiger partial charge in [-0.2, -0.15) is 0 Å². The van der Waals surface area contributed by atoms with Crippen LogP contribution in [0.15, 0.2) is 54.6 Å². The highest BCUT2D eigenvalue weighted by molar-refractivity contribution is 5.88. The lowest BCUT2D eigenvalue weighted by molar-refractivity contribution is -0.140. The van der Waals surface area contributed by atoms with Crippen molar-refractivity contribution in [3.8, 4) is 5.75 Å². The van der Waals surface area contributed by atoms with Crippen molar-refractivity contribution in [3.05, 3.63) is 65.7 Å². The summed E-state index contributed by atoms with van der Waals surface area (Å²) in [4.78, 5) is 26.8. The number of amides is 2. The number of nitrogens with zero attached hydrogens (tertiary/aromatic N) is 1. The van der Waals surface area contributed by atoms with Crippen LogP contribution < -0.4 is 10.1 Å². The van der Waals surface area contributed by atoms with Gasteiger partial charge in [-0.3, -0.25) is 9.59 Å². The van der Waals surface area contributed by atoms with Crippen molar-refractivity contribution >= 4 is 11.8 Å². The van der Waals surface area contributed by atoms with Crippen LogP contribution in [0.2, 0.25) is 0 Å². The van der Waals surface area contributed by atoms with Crippen molar-refractivity contribution in [3.63, 3.8) is 0 Å². The number of aliphatic hydroxyl groups is 1. The van der Waals surface area contributed by atoms with Crippen LogP contribution in [0.4, 0.5) is 0 Å². The van der Waals surface area contributed by atoms with E-state index in [1.807, 2.05) is 54.6 Å². The lowest BCUT2D eigenvalue weighted by atomic mass is 10.0. The normalized spacial score (nSPS) is 11.5. The molecule has 144 valence electrons. The Hall–Kier alpha value is -2.86. The number of methoxy groups -OCH3 is 1. The van der Waals surface area contributed by atoms with Crippen molar-refractivity contribution in [2.75, 3.05) is 20.3 Å². The molecule has 6 nitrogen and oxygen atoms in total. The number of hydrogen-bond donors (Lipinski definition) is 2. The zero-order chi connectivity index (χ0) is 19.6. The predicted octanol–water partition coefficient (Wildman–Crippen LogP) is 2.28. The summed E-state index contributed by atoms with van der Waals surface area (Å²) in [5, 5.41) is 11.8. The number of benzene rings is 2. The summed E-state index contributed by atoms with van der Waals surface area (Å²) in [6, 6.07) is 15.9. The zero-order valence-corrected chi connectivity index (χ0v) is 15.7. The first-order valence-corrected chi connectivity index (χ1v) is 8.90. The van der Waals surface area contributed by atoms with Crippen LogP contribution in [0.25, 0.3) is 0 Å². The summed E-state index contributed by atoms with van der Waals surface area (Å²) < 4.78 is 5.17. The fourth-order valence-electron chi connectivity index (χ4n) is 2.81. The molecule has 2 aromatic rings. The van der Waals surface area contributed by atoms with Gasteiger partial charge in [-0.25, -0.2) is 0 Å². The van der Waals surface area contributed by atoms with Gasteiger partial charge in [0.05, 0.1) is 7.11 Å². The van der Waals surface area contributed by atoms with E-state index in [4.69, 9.17) is 9.84 Å². The van der Waals surface area contributed by atoms with Crippen LogP contribution in [0.5, 0.6) is 5.75 Å². The second kappa shape index (κ2) is 10.3. The molecule has 0 aliphatic heterocycles. The SMILES string of the molecule is COc1ccc(CN(C(C)=O)[C@@H](C(=O)NCCCO)c2ccccc2)cc1. The predicted molar refractivity (Wildman–Crippen MR) is 103 cm³/mol. The monoisotopic (exact) mass is 370 g/mol. The van der Waals surface area contributed by atoms with Crippen LogP contribution in [-0.2, 0) is 16.1 Å². The highest BCUT2D eigenvalue weighted by atomic mass is 16.5. The van der Waals surface area contributed by atoms with Crippen LogP contribution in [0.3, 0.4) is 0 Å². The van der Waals surface area contributed by atoms with E-state index >= 15 is 0 Å². The Bertz CT molecular complexity index is 732. The summed E-state index contributed by atoms with van der Waals surface area (Å²) >= 11 is 0. The molecule has 0 aliphatic carbocycles. The van der Waals surface area contributed by atoms with Gasteiger partial charge in [0, 0.05) is 26.6 Å². The van der Waals surface area contributed by atoms with E-state index in [0.29, 0.717) is 19.5 Å². The summed E-state index contributed by atoms with van der Waals surface area (Å²) in [5.41, 5.74) is 1.64. The Kier molecular flexibility index (Phi) is 7.82. The smallest absolute Gasteiger partial charge is 0.247 e. The fourth-order valence-corrected chi connectivity index (χ4v) is 2.81. The average Bonchev–Trinajstić information content (AvgIpc) is 2.69. The summed E-state index contributed by atoms with van der Waals surface area (Å²) in [7, 11) is 1.60. The summed E-state index contributed by atoms with van der Waals surface area (Å²) in [5.74, 6) is 0.268. The molecule has 2 rings (SSSR count). The van der Waals surface area contributed by atoms with Gasteiger partial charge >= 0.3 is 0 Å². The number of carbonyl (C=O) groups is 2. The molecule has 0 unspecified atom stereocenters. The van der Waals surface area contributed by atoms with Crippen LogP contribution in [-0.4, -0.2) is 42.1 Å². The van der Waals surface area contributed by atoms with Crippen molar-refractivity contribution in [1.82, 2.24) is 10.2 Å². The molecule has 2 aromatic carbocycles. The molecular formula is C21H26N2O4. The molecule has 2 amide bonds. The van der Waals surface area contributed by atoms with Gasteiger partial charge in [0.1, 0.15) is 11.8 Å². The molecule has 0 radical (unpaired) electrons. The van der Waals surface area contributed by atoms with E-state index in [1.165, 1.54) is 6.92 Å². The molecule has 0 spiro atoms.